The molecule has 3 heterocycles. The van der Waals surface area contributed by atoms with Crippen molar-refractivity contribution in [2.75, 3.05) is 4.90 Å². The molecule has 0 aliphatic carbocycles. The summed E-state index contributed by atoms with van der Waals surface area (Å²) in [6.45, 7) is 1.75. The number of hydrogen-bond acceptors (Lipinski definition) is 5. The lowest BCUT2D eigenvalue weighted by atomic mass is 9.99. The van der Waals surface area contributed by atoms with Gasteiger partial charge in [0.25, 0.3) is 5.91 Å². The van der Waals surface area contributed by atoms with Crippen LogP contribution in [0.15, 0.2) is 75.0 Å². The normalized spacial score (nSPS) is 17.0. The number of nitrogens with zero attached hydrogens (tertiary/aromatic N) is 1. The molecular formula is C20H14ClNO5. The molecule has 3 aromatic rings. The van der Waals surface area contributed by atoms with Gasteiger partial charge in [0, 0.05) is 10.7 Å². The van der Waals surface area contributed by atoms with Gasteiger partial charge in [-0.2, -0.15) is 0 Å². The highest BCUT2D eigenvalue weighted by atomic mass is 35.5. The Morgan fingerprint density at radius 3 is 2.48 bits per heavy atom. The number of aryl methyl sites for hydroxylation is 1. The smallest absolute Gasteiger partial charge is 0.294 e. The van der Waals surface area contributed by atoms with Crippen LogP contribution in [0.4, 0.5) is 5.69 Å². The molecule has 0 spiro atoms. The summed E-state index contributed by atoms with van der Waals surface area (Å²) in [6.07, 6.45) is 1.35. The summed E-state index contributed by atoms with van der Waals surface area (Å²) in [4.78, 5) is 27.1. The van der Waals surface area contributed by atoms with E-state index in [0.29, 0.717) is 22.2 Å². The largest absolute Gasteiger partial charge is 0.503 e. The third-order valence-corrected chi connectivity index (χ3v) is 4.59. The molecule has 7 heteroatoms. The van der Waals surface area contributed by atoms with Crippen molar-refractivity contribution in [1.82, 2.24) is 0 Å². The number of halogens is 1. The molecule has 0 bridgehead atoms. The highest BCUT2D eigenvalue weighted by molar-refractivity contribution is 6.30. The maximum Gasteiger partial charge on any atom is 0.294 e. The minimum Gasteiger partial charge on any atom is -0.503 e. The van der Waals surface area contributed by atoms with Crippen LogP contribution >= 0.6 is 11.6 Å². The number of furan rings is 2. The predicted octanol–water partition coefficient (Wildman–Crippen LogP) is 4.62. The van der Waals surface area contributed by atoms with Gasteiger partial charge in [-0.1, -0.05) is 11.6 Å². The van der Waals surface area contributed by atoms with Crippen molar-refractivity contribution >= 4 is 29.0 Å². The lowest BCUT2D eigenvalue weighted by molar-refractivity contribution is -0.117. The summed E-state index contributed by atoms with van der Waals surface area (Å²) < 4.78 is 10.9. The van der Waals surface area contributed by atoms with Gasteiger partial charge in [0.2, 0.25) is 5.78 Å². The Kier molecular flexibility index (Phi) is 4.12. The lowest BCUT2D eigenvalue weighted by Gasteiger charge is -2.24. The minimum atomic E-state index is -0.926. The van der Waals surface area contributed by atoms with Crippen LogP contribution < -0.4 is 4.90 Å². The third-order valence-electron chi connectivity index (χ3n) is 4.33. The number of ketones is 1. The summed E-state index contributed by atoms with van der Waals surface area (Å²) >= 11 is 5.94. The average molecular weight is 384 g/mol. The fourth-order valence-corrected chi connectivity index (χ4v) is 3.24. The number of aliphatic hydroxyl groups is 1. The number of benzene rings is 1. The van der Waals surface area contributed by atoms with Gasteiger partial charge in [0.1, 0.15) is 17.6 Å². The number of carbonyl (C=O) groups excluding carboxylic acids is 2. The molecule has 1 aliphatic rings. The molecule has 4 rings (SSSR count). The Balaban J connectivity index is 1.87. The molecule has 27 heavy (non-hydrogen) atoms. The van der Waals surface area contributed by atoms with E-state index >= 15 is 0 Å². The van der Waals surface area contributed by atoms with Gasteiger partial charge in [0.05, 0.1) is 11.8 Å². The molecular weight excluding hydrogens is 370 g/mol. The van der Waals surface area contributed by atoms with E-state index in [1.54, 1.807) is 49.4 Å². The molecule has 1 unspecified atom stereocenters. The highest BCUT2D eigenvalue weighted by Crippen LogP contribution is 2.42. The molecule has 1 aliphatic heterocycles. The molecule has 0 fully saturated rings. The SMILES string of the molecule is Cc1ccc(C2C(C(=O)c3ccco3)=C(O)C(=O)N2c2ccc(Cl)cc2)o1. The van der Waals surface area contributed by atoms with Crippen LogP contribution in [0, 0.1) is 6.92 Å². The third kappa shape index (κ3) is 2.84. The van der Waals surface area contributed by atoms with Crippen LogP contribution in [0.5, 0.6) is 0 Å². The zero-order valence-electron chi connectivity index (χ0n) is 14.2. The first-order valence-electron chi connectivity index (χ1n) is 8.14. The number of amides is 1. The second kappa shape index (κ2) is 6.48. The first-order chi connectivity index (χ1) is 13.0. The van der Waals surface area contributed by atoms with Gasteiger partial charge in [-0.25, -0.2) is 0 Å². The van der Waals surface area contributed by atoms with Gasteiger partial charge in [-0.3, -0.25) is 14.5 Å². The average Bonchev–Trinajstić information content (AvgIpc) is 3.37. The fourth-order valence-electron chi connectivity index (χ4n) is 3.12. The number of aliphatic hydroxyl groups excluding tert-OH is 1. The quantitative estimate of drug-likeness (QED) is 0.664. The van der Waals surface area contributed by atoms with E-state index in [4.69, 9.17) is 20.4 Å². The van der Waals surface area contributed by atoms with E-state index < -0.39 is 23.5 Å². The molecule has 1 aromatic carbocycles. The van der Waals surface area contributed by atoms with Crippen molar-refractivity contribution < 1.29 is 23.5 Å². The van der Waals surface area contributed by atoms with Crippen molar-refractivity contribution in [2.45, 2.75) is 13.0 Å². The molecule has 0 saturated heterocycles. The Bertz CT molecular complexity index is 1050. The van der Waals surface area contributed by atoms with Crippen LogP contribution in [-0.4, -0.2) is 16.8 Å². The summed E-state index contributed by atoms with van der Waals surface area (Å²) in [6, 6.07) is 12.0. The summed E-state index contributed by atoms with van der Waals surface area (Å²) in [5, 5.41) is 11.0. The highest BCUT2D eigenvalue weighted by Gasteiger charge is 2.46. The van der Waals surface area contributed by atoms with Gasteiger partial charge in [-0.05, 0) is 55.5 Å². The van der Waals surface area contributed by atoms with E-state index in [2.05, 4.69) is 0 Å². The Labute approximate surface area is 159 Å². The Hall–Kier alpha value is -3.25. The van der Waals surface area contributed by atoms with Gasteiger partial charge < -0.3 is 13.9 Å². The van der Waals surface area contributed by atoms with Crippen LogP contribution in [-0.2, 0) is 4.79 Å². The standard InChI is InChI=1S/C20H14ClNO5/c1-11-4-9-14(27-11)17-16(18(23)15-3-2-10-26-15)19(24)20(25)22(17)13-7-5-12(21)6-8-13/h2-10,17,24H,1H3. The molecule has 0 radical (unpaired) electrons. The van der Waals surface area contributed by atoms with Crippen molar-refractivity contribution in [3.05, 3.63) is 88.4 Å². The first kappa shape index (κ1) is 17.2. The monoisotopic (exact) mass is 383 g/mol. The topological polar surface area (TPSA) is 83.9 Å². The van der Waals surface area contributed by atoms with Crippen LogP contribution in [0.1, 0.15) is 28.1 Å². The van der Waals surface area contributed by atoms with E-state index in [0.717, 1.165) is 0 Å². The zero-order chi connectivity index (χ0) is 19.1. The van der Waals surface area contributed by atoms with E-state index in [1.807, 2.05) is 0 Å². The minimum absolute atomic E-state index is 0.0237. The number of Topliss-reactive ketones (excluding diaryl/α,β-unsaturated/α-hetero) is 1. The summed E-state index contributed by atoms with van der Waals surface area (Å²) in [5.74, 6) is -0.923. The Morgan fingerprint density at radius 2 is 1.89 bits per heavy atom. The van der Waals surface area contributed by atoms with Crippen molar-refractivity contribution in [3.63, 3.8) is 0 Å². The zero-order valence-corrected chi connectivity index (χ0v) is 14.9. The number of anilines is 1. The summed E-state index contributed by atoms with van der Waals surface area (Å²) in [7, 11) is 0. The number of rotatable bonds is 4. The van der Waals surface area contributed by atoms with Crippen molar-refractivity contribution in [3.8, 4) is 0 Å². The number of carbonyl (C=O) groups is 2. The van der Waals surface area contributed by atoms with Crippen LogP contribution in [0.2, 0.25) is 5.02 Å². The van der Waals surface area contributed by atoms with Crippen LogP contribution in [0.25, 0.3) is 0 Å². The second-order valence-corrected chi connectivity index (χ2v) is 6.51. The second-order valence-electron chi connectivity index (χ2n) is 6.07. The van der Waals surface area contributed by atoms with Gasteiger partial charge in [0.15, 0.2) is 11.5 Å². The fraction of sp³-hybridized carbons (Fsp3) is 0.100. The van der Waals surface area contributed by atoms with Crippen molar-refractivity contribution in [1.29, 1.82) is 0 Å². The Morgan fingerprint density at radius 1 is 1.15 bits per heavy atom. The van der Waals surface area contributed by atoms with Crippen molar-refractivity contribution in [2.24, 2.45) is 0 Å². The maximum atomic E-state index is 12.9. The number of hydrogen-bond donors (Lipinski definition) is 1. The van der Waals surface area contributed by atoms with E-state index in [9.17, 15) is 14.7 Å². The molecule has 0 saturated carbocycles. The molecule has 1 amide bonds. The van der Waals surface area contributed by atoms with Crippen LogP contribution in [0.3, 0.4) is 0 Å². The first-order valence-corrected chi connectivity index (χ1v) is 8.52. The summed E-state index contributed by atoms with van der Waals surface area (Å²) in [5.41, 5.74) is 0.372. The van der Waals surface area contributed by atoms with E-state index in [-0.39, 0.29) is 11.3 Å². The molecule has 136 valence electrons. The van der Waals surface area contributed by atoms with Gasteiger partial charge in [-0.15, -0.1) is 0 Å². The molecule has 1 atom stereocenters. The molecule has 6 nitrogen and oxygen atoms in total. The predicted molar refractivity (Wildman–Crippen MR) is 97.8 cm³/mol. The lowest BCUT2D eigenvalue weighted by Crippen LogP contribution is -2.30. The maximum absolute atomic E-state index is 12.9. The molecule has 1 N–H and O–H groups in total. The van der Waals surface area contributed by atoms with E-state index in [1.165, 1.54) is 17.2 Å². The molecule has 2 aromatic heterocycles. The van der Waals surface area contributed by atoms with Gasteiger partial charge >= 0.3 is 0 Å².